The minimum atomic E-state index is -0.555. The fourth-order valence-electron chi connectivity index (χ4n) is 1.88. The summed E-state index contributed by atoms with van der Waals surface area (Å²) in [5.74, 6) is -0.175. The third-order valence-electron chi connectivity index (χ3n) is 2.74. The summed E-state index contributed by atoms with van der Waals surface area (Å²) >= 11 is 1.37. The molecule has 0 aliphatic heterocycles. The van der Waals surface area contributed by atoms with Crippen molar-refractivity contribution >= 4 is 22.2 Å². The third kappa shape index (κ3) is 2.57. The van der Waals surface area contributed by atoms with Crippen LogP contribution in [0.15, 0.2) is 54.7 Å². The van der Waals surface area contributed by atoms with Gasteiger partial charge in [-0.25, -0.2) is 9.67 Å². The maximum absolute atomic E-state index is 12.5. The number of hydrogen-bond donors (Lipinski definition) is 1. The highest BCUT2D eigenvalue weighted by Crippen LogP contribution is 2.21. The van der Waals surface area contributed by atoms with Crippen molar-refractivity contribution in [3.05, 3.63) is 60.3 Å². The number of carbonyl (C=O) groups is 1. The maximum atomic E-state index is 12.5. The second-order valence-electron chi connectivity index (χ2n) is 4.04. The molecule has 2 heterocycles. The van der Waals surface area contributed by atoms with Crippen molar-refractivity contribution in [3.63, 3.8) is 0 Å². The van der Waals surface area contributed by atoms with Crippen LogP contribution in [0, 0.1) is 0 Å². The largest absolute Gasteiger partial charge is 0.314 e. The van der Waals surface area contributed by atoms with E-state index in [1.165, 1.54) is 28.7 Å². The number of benzene rings is 1. The Morgan fingerprint density at radius 1 is 1.25 bits per heavy atom. The predicted molar refractivity (Wildman–Crippen MR) is 75.3 cm³/mol. The lowest BCUT2D eigenvalue weighted by atomic mass is 10.1. The minimum Gasteiger partial charge on any atom is -0.314 e. The van der Waals surface area contributed by atoms with Crippen molar-refractivity contribution in [3.8, 4) is 0 Å². The first kappa shape index (κ1) is 12.5. The van der Waals surface area contributed by atoms with Crippen LogP contribution in [0.4, 0.5) is 5.00 Å². The molecule has 1 amide bonds. The first-order valence-electron chi connectivity index (χ1n) is 5.93. The van der Waals surface area contributed by atoms with Crippen LogP contribution in [0.3, 0.4) is 0 Å². The summed E-state index contributed by atoms with van der Waals surface area (Å²) in [5, 5.41) is 7.62. The SMILES string of the molecule is O=C(Nc1cncs1)C(c1ccccc1)n1cncn1. The zero-order valence-corrected chi connectivity index (χ0v) is 11.2. The van der Waals surface area contributed by atoms with Crippen molar-refractivity contribution in [1.29, 1.82) is 0 Å². The summed E-state index contributed by atoms with van der Waals surface area (Å²) in [7, 11) is 0. The summed E-state index contributed by atoms with van der Waals surface area (Å²) in [6.07, 6.45) is 4.56. The maximum Gasteiger partial charge on any atom is 0.254 e. The Bertz CT molecular complexity index is 666. The van der Waals surface area contributed by atoms with Crippen LogP contribution in [0.5, 0.6) is 0 Å². The lowest BCUT2D eigenvalue weighted by Crippen LogP contribution is -2.27. The third-order valence-corrected chi connectivity index (χ3v) is 3.43. The Morgan fingerprint density at radius 3 is 2.75 bits per heavy atom. The number of rotatable bonds is 4. The van der Waals surface area contributed by atoms with E-state index >= 15 is 0 Å². The van der Waals surface area contributed by atoms with Crippen LogP contribution >= 0.6 is 11.3 Å². The molecular weight excluding hydrogens is 274 g/mol. The summed E-state index contributed by atoms with van der Waals surface area (Å²) < 4.78 is 1.53. The molecule has 3 aromatic rings. The number of nitrogens with one attached hydrogen (secondary N) is 1. The number of hydrogen-bond acceptors (Lipinski definition) is 5. The van der Waals surface area contributed by atoms with E-state index in [2.05, 4.69) is 20.4 Å². The summed E-state index contributed by atoms with van der Waals surface area (Å²) in [5.41, 5.74) is 2.52. The predicted octanol–water partition coefficient (Wildman–Crippen LogP) is 1.96. The van der Waals surface area contributed by atoms with Crippen LogP contribution in [0.1, 0.15) is 11.6 Å². The molecule has 1 N–H and O–H groups in total. The number of aromatic nitrogens is 4. The smallest absolute Gasteiger partial charge is 0.254 e. The number of amides is 1. The lowest BCUT2D eigenvalue weighted by molar-refractivity contribution is -0.118. The van der Waals surface area contributed by atoms with Gasteiger partial charge in [0.05, 0.1) is 11.7 Å². The van der Waals surface area contributed by atoms with Crippen LogP contribution in [0.25, 0.3) is 0 Å². The Hall–Kier alpha value is -2.54. The average Bonchev–Trinajstić information content (AvgIpc) is 3.14. The molecule has 100 valence electrons. The molecule has 7 heteroatoms. The summed E-state index contributed by atoms with van der Waals surface area (Å²) in [6, 6.07) is 8.90. The molecule has 20 heavy (non-hydrogen) atoms. The molecule has 0 saturated heterocycles. The van der Waals surface area contributed by atoms with Crippen LogP contribution < -0.4 is 5.32 Å². The van der Waals surface area contributed by atoms with E-state index in [9.17, 15) is 4.79 Å². The van der Waals surface area contributed by atoms with Crippen LogP contribution in [-0.2, 0) is 4.79 Å². The van der Waals surface area contributed by atoms with E-state index in [1.807, 2.05) is 30.3 Å². The zero-order valence-electron chi connectivity index (χ0n) is 10.4. The molecule has 0 aliphatic rings. The van der Waals surface area contributed by atoms with Gasteiger partial charge in [-0.15, -0.1) is 11.3 Å². The van der Waals surface area contributed by atoms with Crippen molar-refractivity contribution in [1.82, 2.24) is 19.7 Å². The second-order valence-corrected chi connectivity index (χ2v) is 4.93. The number of nitrogens with zero attached hydrogens (tertiary/aromatic N) is 4. The summed E-state index contributed by atoms with van der Waals surface area (Å²) in [6.45, 7) is 0. The number of carbonyl (C=O) groups excluding carboxylic acids is 1. The molecule has 1 atom stereocenters. The molecule has 0 saturated carbocycles. The van der Waals surface area contributed by atoms with E-state index < -0.39 is 6.04 Å². The van der Waals surface area contributed by atoms with Gasteiger partial charge in [-0.2, -0.15) is 5.10 Å². The van der Waals surface area contributed by atoms with E-state index in [4.69, 9.17) is 0 Å². The standard InChI is InChI=1S/C13H11N5OS/c19-13(17-11-6-14-9-20-11)12(18-8-15-7-16-18)10-4-2-1-3-5-10/h1-9,12H,(H,17,19). The molecule has 0 aliphatic carbocycles. The van der Waals surface area contributed by atoms with Gasteiger partial charge >= 0.3 is 0 Å². The topological polar surface area (TPSA) is 72.7 Å². The van der Waals surface area contributed by atoms with E-state index in [1.54, 1.807) is 11.7 Å². The summed E-state index contributed by atoms with van der Waals surface area (Å²) in [4.78, 5) is 20.3. The van der Waals surface area contributed by atoms with Crippen LogP contribution in [0.2, 0.25) is 0 Å². The first-order chi connectivity index (χ1) is 9.84. The van der Waals surface area contributed by atoms with Crippen LogP contribution in [-0.4, -0.2) is 25.7 Å². The highest BCUT2D eigenvalue weighted by Gasteiger charge is 2.23. The monoisotopic (exact) mass is 285 g/mol. The van der Waals surface area contributed by atoms with Gasteiger partial charge in [0.1, 0.15) is 17.7 Å². The molecule has 0 bridgehead atoms. The van der Waals surface area contributed by atoms with Gasteiger partial charge in [-0.1, -0.05) is 30.3 Å². The lowest BCUT2D eigenvalue weighted by Gasteiger charge is -2.16. The molecule has 3 rings (SSSR count). The van der Waals surface area contributed by atoms with Gasteiger partial charge in [0.15, 0.2) is 6.04 Å². The van der Waals surface area contributed by atoms with Gasteiger partial charge in [-0.05, 0) is 5.56 Å². The fraction of sp³-hybridized carbons (Fsp3) is 0.0769. The molecule has 2 aromatic heterocycles. The second kappa shape index (κ2) is 5.62. The highest BCUT2D eigenvalue weighted by molar-refractivity contribution is 7.13. The average molecular weight is 285 g/mol. The van der Waals surface area contributed by atoms with E-state index in [0.29, 0.717) is 5.00 Å². The van der Waals surface area contributed by atoms with Crippen molar-refractivity contribution in [2.45, 2.75) is 6.04 Å². The quantitative estimate of drug-likeness (QED) is 0.795. The molecular formula is C13H11N5OS. The van der Waals surface area contributed by atoms with Crippen molar-refractivity contribution < 1.29 is 4.79 Å². The van der Waals surface area contributed by atoms with E-state index in [-0.39, 0.29) is 5.91 Å². The normalized spacial score (nSPS) is 12.0. The fourth-order valence-corrected chi connectivity index (χ4v) is 2.39. The molecule has 0 spiro atoms. The molecule has 1 aromatic carbocycles. The molecule has 1 unspecified atom stereocenters. The molecule has 0 fully saturated rings. The molecule has 6 nitrogen and oxygen atoms in total. The van der Waals surface area contributed by atoms with Crippen molar-refractivity contribution in [2.75, 3.05) is 5.32 Å². The van der Waals surface area contributed by atoms with Gasteiger partial charge in [0.25, 0.3) is 5.91 Å². The Labute approximate surface area is 119 Å². The highest BCUT2D eigenvalue weighted by atomic mass is 32.1. The Morgan fingerprint density at radius 2 is 2.10 bits per heavy atom. The van der Waals surface area contributed by atoms with Gasteiger partial charge < -0.3 is 5.32 Å². The first-order valence-corrected chi connectivity index (χ1v) is 6.81. The Balaban J connectivity index is 1.92. The van der Waals surface area contributed by atoms with Gasteiger partial charge in [0, 0.05) is 0 Å². The van der Waals surface area contributed by atoms with Crippen molar-refractivity contribution in [2.24, 2.45) is 0 Å². The van der Waals surface area contributed by atoms with Gasteiger partial charge in [-0.3, -0.25) is 9.78 Å². The van der Waals surface area contributed by atoms with Gasteiger partial charge in [0.2, 0.25) is 0 Å². The minimum absolute atomic E-state index is 0.175. The van der Waals surface area contributed by atoms with E-state index in [0.717, 1.165) is 5.56 Å². The Kier molecular flexibility index (Phi) is 3.51. The zero-order chi connectivity index (χ0) is 13.8. The number of anilines is 1. The molecule has 0 radical (unpaired) electrons. The number of thiazole rings is 1.